The van der Waals surface area contributed by atoms with E-state index >= 15 is 0 Å². The number of carbonyl (C=O) groups excluding carboxylic acids is 1. The van der Waals surface area contributed by atoms with Crippen molar-refractivity contribution in [2.75, 3.05) is 12.8 Å². The van der Waals surface area contributed by atoms with Gasteiger partial charge in [0.2, 0.25) is 5.91 Å². The Morgan fingerprint density at radius 3 is 3.00 bits per heavy atom. The molecular weight excluding hydrogens is 124 g/mol. The molecule has 2 N–H and O–H groups in total. The van der Waals surface area contributed by atoms with E-state index in [1.54, 1.807) is 11.8 Å². The van der Waals surface area contributed by atoms with Crippen molar-refractivity contribution in [2.24, 2.45) is 0 Å². The molecule has 1 atom stereocenters. The van der Waals surface area contributed by atoms with Gasteiger partial charge in [-0.3, -0.25) is 10.1 Å². The van der Waals surface area contributed by atoms with Gasteiger partial charge in [0, 0.05) is 0 Å². The third-order valence-electron chi connectivity index (χ3n) is 0.935. The molecule has 1 aliphatic heterocycles. The quantitative estimate of drug-likeness (QED) is 0.498. The summed E-state index contributed by atoms with van der Waals surface area (Å²) in [5, 5.41) is 5.64. The first-order chi connectivity index (χ1) is 3.83. The summed E-state index contributed by atoms with van der Waals surface area (Å²) in [5.41, 5.74) is 0.141. The van der Waals surface area contributed by atoms with E-state index in [1.807, 2.05) is 7.05 Å². The molecule has 1 unspecified atom stereocenters. The second kappa shape index (κ2) is 2.37. The predicted octanol–water partition coefficient (Wildman–Crippen LogP) is -0.648. The summed E-state index contributed by atoms with van der Waals surface area (Å²) in [5.74, 6) is 0.709. The fourth-order valence-electron chi connectivity index (χ4n) is 0.544. The molecular formula is C4H8N2OS. The van der Waals surface area contributed by atoms with Gasteiger partial charge in [0.15, 0.2) is 0 Å². The van der Waals surface area contributed by atoms with Crippen LogP contribution in [0.15, 0.2) is 0 Å². The second-order valence-electron chi connectivity index (χ2n) is 1.55. The molecule has 0 radical (unpaired) electrons. The molecule has 0 bridgehead atoms. The molecule has 1 aliphatic rings. The molecule has 1 fully saturated rings. The molecule has 0 aromatic carbocycles. The molecule has 0 aromatic rings. The highest BCUT2D eigenvalue weighted by Crippen LogP contribution is 2.10. The lowest BCUT2D eigenvalue weighted by Crippen LogP contribution is -2.34. The summed E-state index contributed by atoms with van der Waals surface area (Å²) >= 11 is 1.58. The SMILES string of the molecule is CNC1NC(=O)CS1. The van der Waals surface area contributed by atoms with E-state index in [0.29, 0.717) is 5.75 Å². The molecule has 0 spiro atoms. The molecule has 4 heteroatoms. The van der Waals surface area contributed by atoms with Gasteiger partial charge < -0.3 is 5.32 Å². The van der Waals surface area contributed by atoms with Crippen LogP contribution in [0.3, 0.4) is 0 Å². The zero-order valence-corrected chi connectivity index (χ0v) is 5.42. The van der Waals surface area contributed by atoms with Crippen LogP contribution in [-0.2, 0) is 4.79 Å². The summed E-state index contributed by atoms with van der Waals surface area (Å²) in [6.07, 6.45) is 0. The topological polar surface area (TPSA) is 41.1 Å². The van der Waals surface area contributed by atoms with Gasteiger partial charge in [0.25, 0.3) is 0 Å². The normalized spacial score (nSPS) is 28.1. The van der Waals surface area contributed by atoms with Gasteiger partial charge in [0.1, 0.15) is 5.50 Å². The highest BCUT2D eigenvalue weighted by molar-refractivity contribution is 8.00. The predicted molar refractivity (Wildman–Crippen MR) is 33.4 cm³/mol. The minimum Gasteiger partial charge on any atom is -0.331 e. The average Bonchev–Trinajstić information content (AvgIpc) is 2.14. The van der Waals surface area contributed by atoms with Crippen LogP contribution in [0.1, 0.15) is 0 Å². The highest BCUT2D eigenvalue weighted by Gasteiger charge is 2.18. The number of hydrogen-bond acceptors (Lipinski definition) is 3. The van der Waals surface area contributed by atoms with Crippen molar-refractivity contribution in [3.63, 3.8) is 0 Å². The largest absolute Gasteiger partial charge is 0.331 e. The Labute approximate surface area is 52.2 Å². The lowest BCUT2D eigenvalue weighted by molar-refractivity contribution is -0.118. The molecule has 0 aliphatic carbocycles. The van der Waals surface area contributed by atoms with E-state index in [-0.39, 0.29) is 11.4 Å². The second-order valence-corrected chi connectivity index (χ2v) is 2.64. The van der Waals surface area contributed by atoms with Crippen LogP contribution in [0.4, 0.5) is 0 Å². The van der Waals surface area contributed by atoms with Crippen LogP contribution in [0.2, 0.25) is 0 Å². The van der Waals surface area contributed by atoms with Gasteiger partial charge in [-0.05, 0) is 7.05 Å². The average molecular weight is 132 g/mol. The van der Waals surface area contributed by atoms with E-state index < -0.39 is 0 Å². The smallest absolute Gasteiger partial charge is 0.231 e. The molecule has 3 nitrogen and oxygen atoms in total. The van der Waals surface area contributed by atoms with Crippen molar-refractivity contribution in [2.45, 2.75) is 5.50 Å². The molecule has 0 aromatic heterocycles. The first-order valence-corrected chi connectivity index (χ1v) is 3.46. The van der Waals surface area contributed by atoms with Crippen LogP contribution >= 0.6 is 11.8 Å². The van der Waals surface area contributed by atoms with Gasteiger partial charge in [-0.1, -0.05) is 0 Å². The van der Waals surface area contributed by atoms with Crippen molar-refractivity contribution in [3.05, 3.63) is 0 Å². The van der Waals surface area contributed by atoms with Gasteiger partial charge >= 0.3 is 0 Å². The van der Waals surface area contributed by atoms with Gasteiger partial charge in [-0.15, -0.1) is 11.8 Å². The number of thioether (sulfide) groups is 1. The third kappa shape index (κ3) is 1.14. The third-order valence-corrected chi connectivity index (χ3v) is 2.05. The van der Waals surface area contributed by atoms with Crippen molar-refractivity contribution < 1.29 is 4.79 Å². The fourth-order valence-corrected chi connectivity index (χ4v) is 1.33. The maximum atomic E-state index is 10.4. The van der Waals surface area contributed by atoms with E-state index in [0.717, 1.165) is 0 Å². The first kappa shape index (κ1) is 5.91. The molecule has 1 rings (SSSR count). The molecule has 46 valence electrons. The Morgan fingerprint density at radius 2 is 2.75 bits per heavy atom. The van der Waals surface area contributed by atoms with Gasteiger partial charge in [0.05, 0.1) is 5.75 Å². The Kier molecular flexibility index (Phi) is 1.75. The maximum absolute atomic E-state index is 10.4. The lowest BCUT2D eigenvalue weighted by Gasteiger charge is -2.04. The van der Waals surface area contributed by atoms with Crippen LogP contribution in [0.5, 0.6) is 0 Å². The summed E-state index contributed by atoms with van der Waals surface area (Å²) in [6.45, 7) is 0. The van der Waals surface area contributed by atoms with Crippen molar-refractivity contribution >= 4 is 17.7 Å². The Hall–Kier alpha value is -0.220. The van der Waals surface area contributed by atoms with Crippen molar-refractivity contribution in [1.29, 1.82) is 0 Å². The number of amides is 1. The standard InChI is InChI=1S/C4H8N2OS/c1-5-4-6-3(7)2-8-4/h4-5H,2H2,1H3,(H,6,7). The maximum Gasteiger partial charge on any atom is 0.231 e. The zero-order chi connectivity index (χ0) is 5.98. The van der Waals surface area contributed by atoms with Crippen LogP contribution in [0.25, 0.3) is 0 Å². The molecule has 0 saturated carbocycles. The lowest BCUT2D eigenvalue weighted by atomic mass is 10.7. The van der Waals surface area contributed by atoms with E-state index in [1.165, 1.54) is 0 Å². The first-order valence-electron chi connectivity index (χ1n) is 2.41. The van der Waals surface area contributed by atoms with Crippen LogP contribution in [0, 0.1) is 0 Å². The molecule has 8 heavy (non-hydrogen) atoms. The fraction of sp³-hybridized carbons (Fsp3) is 0.750. The Bertz CT molecular complexity index is 106. The molecule has 1 heterocycles. The number of nitrogens with one attached hydrogen (secondary N) is 2. The van der Waals surface area contributed by atoms with E-state index in [2.05, 4.69) is 10.6 Å². The van der Waals surface area contributed by atoms with Crippen molar-refractivity contribution in [1.82, 2.24) is 10.6 Å². The monoisotopic (exact) mass is 132 g/mol. The van der Waals surface area contributed by atoms with Crippen molar-refractivity contribution in [3.8, 4) is 0 Å². The summed E-state index contributed by atoms with van der Waals surface area (Å²) in [7, 11) is 1.82. The van der Waals surface area contributed by atoms with Crippen LogP contribution in [-0.4, -0.2) is 24.2 Å². The summed E-state index contributed by atoms with van der Waals surface area (Å²) < 4.78 is 0. The number of carbonyl (C=O) groups is 1. The van der Waals surface area contributed by atoms with E-state index in [9.17, 15) is 4.79 Å². The Balaban J connectivity index is 2.32. The van der Waals surface area contributed by atoms with Gasteiger partial charge in [-0.2, -0.15) is 0 Å². The van der Waals surface area contributed by atoms with Crippen LogP contribution < -0.4 is 10.6 Å². The summed E-state index contributed by atoms with van der Waals surface area (Å²) in [6, 6.07) is 0. The van der Waals surface area contributed by atoms with E-state index in [4.69, 9.17) is 0 Å². The number of hydrogen-bond donors (Lipinski definition) is 2. The minimum absolute atomic E-state index is 0.120. The molecule has 1 saturated heterocycles. The number of rotatable bonds is 1. The highest BCUT2D eigenvalue weighted by atomic mass is 32.2. The van der Waals surface area contributed by atoms with Gasteiger partial charge in [-0.25, -0.2) is 0 Å². The molecule has 1 amide bonds. The Morgan fingerprint density at radius 1 is 2.00 bits per heavy atom. The zero-order valence-electron chi connectivity index (χ0n) is 4.60. The summed E-state index contributed by atoms with van der Waals surface area (Å²) in [4.78, 5) is 10.4. The minimum atomic E-state index is 0.120.